The van der Waals surface area contributed by atoms with Gasteiger partial charge >= 0.3 is 0 Å². The van der Waals surface area contributed by atoms with Gasteiger partial charge in [0, 0.05) is 11.3 Å². The van der Waals surface area contributed by atoms with E-state index in [2.05, 4.69) is 17.2 Å². The number of rotatable bonds is 3. The summed E-state index contributed by atoms with van der Waals surface area (Å²) >= 11 is 7.86. The first kappa shape index (κ1) is 11.1. The summed E-state index contributed by atoms with van der Waals surface area (Å²) in [5.41, 5.74) is 0. The molecule has 2 nitrogen and oxygen atoms in total. The van der Waals surface area contributed by atoms with Gasteiger partial charge in [0.1, 0.15) is 11.0 Å². The molecule has 1 saturated heterocycles. The van der Waals surface area contributed by atoms with Crippen molar-refractivity contribution in [1.29, 1.82) is 0 Å². The zero-order valence-electron chi connectivity index (χ0n) is 8.79. The third-order valence-electron chi connectivity index (χ3n) is 2.66. The first-order valence-corrected chi connectivity index (χ1v) is 6.55. The molecule has 0 aliphatic carbocycles. The van der Waals surface area contributed by atoms with Crippen molar-refractivity contribution in [3.05, 3.63) is 23.4 Å². The highest BCUT2D eigenvalue weighted by atomic mass is 35.5. The number of halogens is 1. The molecule has 1 aliphatic heterocycles. The Kier molecular flexibility index (Phi) is 3.42. The molecule has 1 fully saturated rings. The summed E-state index contributed by atoms with van der Waals surface area (Å²) < 4.78 is 0.365. The summed E-state index contributed by atoms with van der Waals surface area (Å²) in [4.78, 5) is 4.21. The lowest BCUT2D eigenvalue weighted by Crippen LogP contribution is -2.27. The minimum absolute atomic E-state index is 0.365. The SMILES string of the molecule is CC1(CNc2cccc(Cl)n2)CCCS1. The maximum Gasteiger partial charge on any atom is 0.131 e. The molecular weight excluding hydrogens is 228 g/mol. The highest BCUT2D eigenvalue weighted by molar-refractivity contribution is 8.00. The van der Waals surface area contributed by atoms with E-state index in [-0.39, 0.29) is 0 Å². The second kappa shape index (κ2) is 4.62. The monoisotopic (exact) mass is 242 g/mol. The first-order valence-electron chi connectivity index (χ1n) is 5.18. The first-order chi connectivity index (χ1) is 7.18. The highest BCUT2D eigenvalue weighted by Crippen LogP contribution is 2.37. The molecule has 4 heteroatoms. The van der Waals surface area contributed by atoms with Crippen LogP contribution in [0.2, 0.25) is 5.15 Å². The zero-order valence-corrected chi connectivity index (χ0v) is 10.4. The minimum atomic E-state index is 0.365. The van der Waals surface area contributed by atoms with E-state index in [1.54, 1.807) is 6.07 Å². The maximum absolute atomic E-state index is 5.82. The Labute approximate surface area is 99.8 Å². The molecule has 1 aromatic rings. The summed E-state index contributed by atoms with van der Waals surface area (Å²) in [6.07, 6.45) is 2.61. The molecule has 0 saturated carbocycles. The largest absolute Gasteiger partial charge is 0.369 e. The number of nitrogens with one attached hydrogen (secondary N) is 1. The van der Waals surface area contributed by atoms with E-state index in [1.807, 2.05) is 23.9 Å². The van der Waals surface area contributed by atoms with E-state index in [0.29, 0.717) is 9.90 Å². The lowest BCUT2D eigenvalue weighted by molar-refractivity contribution is 0.634. The second-order valence-electron chi connectivity index (χ2n) is 4.10. The van der Waals surface area contributed by atoms with Crippen LogP contribution in [0, 0.1) is 0 Å². The van der Waals surface area contributed by atoms with Crippen LogP contribution in [-0.2, 0) is 0 Å². The van der Waals surface area contributed by atoms with Crippen LogP contribution < -0.4 is 5.32 Å². The molecule has 0 aromatic carbocycles. The average molecular weight is 243 g/mol. The number of hydrogen-bond donors (Lipinski definition) is 1. The van der Waals surface area contributed by atoms with Crippen LogP contribution in [0.1, 0.15) is 19.8 Å². The lowest BCUT2D eigenvalue weighted by Gasteiger charge is -2.23. The van der Waals surface area contributed by atoms with Gasteiger partial charge in [-0.25, -0.2) is 4.98 Å². The molecule has 0 amide bonds. The molecule has 1 unspecified atom stereocenters. The molecule has 1 atom stereocenters. The zero-order chi connectivity index (χ0) is 10.7. The van der Waals surface area contributed by atoms with Crippen LogP contribution in [0.15, 0.2) is 18.2 Å². The average Bonchev–Trinajstić information content (AvgIpc) is 2.63. The number of pyridine rings is 1. The van der Waals surface area contributed by atoms with Crippen molar-refractivity contribution in [2.24, 2.45) is 0 Å². The number of nitrogens with zero attached hydrogens (tertiary/aromatic N) is 1. The van der Waals surface area contributed by atoms with Crippen molar-refractivity contribution in [2.45, 2.75) is 24.5 Å². The summed E-state index contributed by atoms with van der Waals surface area (Å²) in [6.45, 7) is 3.27. The van der Waals surface area contributed by atoms with Gasteiger partial charge in [0.15, 0.2) is 0 Å². The molecule has 0 radical (unpaired) electrons. The van der Waals surface area contributed by atoms with Crippen molar-refractivity contribution in [3.63, 3.8) is 0 Å². The van der Waals surface area contributed by atoms with Gasteiger partial charge in [-0.3, -0.25) is 0 Å². The second-order valence-corrected chi connectivity index (χ2v) is 6.17. The molecule has 1 N–H and O–H groups in total. The number of thioether (sulfide) groups is 1. The molecule has 15 heavy (non-hydrogen) atoms. The fourth-order valence-electron chi connectivity index (χ4n) is 1.76. The van der Waals surface area contributed by atoms with Gasteiger partial charge in [0.25, 0.3) is 0 Å². The van der Waals surface area contributed by atoms with E-state index in [0.717, 1.165) is 12.4 Å². The molecule has 2 heterocycles. The van der Waals surface area contributed by atoms with Gasteiger partial charge in [0.2, 0.25) is 0 Å². The van der Waals surface area contributed by atoms with Gasteiger partial charge in [0.05, 0.1) is 0 Å². The van der Waals surface area contributed by atoms with E-state index in [9.17, 15) is 0 Å². The van der Waals surface area contributed by atoms with Crippen LogP contribution in [0.25, 0.3) is 0 Å². The molecule has 82 valence electrons. The Balaban J connectivity index is 1.92. The van der Waals surface area contributed by atoms with Gasteiger partial charge < -0.3 is 5.32 Å². The number of aromatic nitrogens is 1. The van der Waals surface area contributed by atoms with Gasteiger partial charge in [-0.05, 0) is 37.7 Å². The van der Waals surface area contributed by atoms with Gasteiger partial charge in [-0.2, -0.15) is 11.8 Å². The third kappa shape index (κ3) is 3.02. The minimum Gasteiger partial charge on any atom is -0.369 e. The van der Waals surface area contributed by atoms with Crippen LogP contribution in [0.3, 0.4) is 0 Å². The molecule has 0 spiro atoms. The Bertz CT molecular complexity index is 337. The van der Waals surface area contributed by atoms with Crippen molar-refractivity contribution in [1.82, 2.24) is 4.98 Å². The Hall–Kier alpha value is -0.410. The van der Waals surface area contributed by atoms with Crippen LogP contribution >= 0.6 is 23.4 Å². The number of hydrogen-bond acceptors (Lipinski definition) is 3. The Morgan fingerprint density at radius 1 is 1.60 bits per heavy atom. The topological polar surface area (TPSA) is 24.9 Å². The van der Waals surface area contributed by atoms with Crippen molar-refractivity contribution in [3.8, 4) is 0 Å². The van der Waals surface area contributed by atoms with E-state index >= 15 is 0 Å². The van der Waals surface area contributed by atoms with Crippen molar-refractivity contribution in [2.75, 3.05) is 17.6 Å². The predicted octanol–water partition coefficient (Wildman–Crippen LogP) is 3.43. The number of anilines is 1. The normalized spacial score (nSPS) is 25.5. The van der Waals surface area contributed by atoms with Gasteiger partial charge in [-0.15, -0.1) is 0 Å². The quantitative estimate of drug-likeness (QED) is 0.822. The lowest BCUT2D eigenvalue weighted by atomic mass is 10.1. The summed E-state index contributed by atoms with van der Waals surface area (Å²) in [5.74, 6) is 2.15. The molecule has 2 rings (SSSR count). The smallest absolute Gasteiger partial charge is 0.131 e. The van der Waals surface area contributed by atoms with Crippen LogP contribution in [-0.4, -0.2) is 22.0 Å². The fourth-order valence-corrected chi connectivity index (χ4v) is 3.17. The fraction of sp³-hybridized carbons (Fsp3) is 0.545. The summed E-state index contributed by atoms with van der Waals surface area (Å²) in [7, 11) is 0. The molecule has 0 bridgehead atoms. The Morgan fingerprint density at radius 3 is 3.13 bits per heavy atom. The predicted molar refractivity (Wildman–Crippen MR) is 67.8 cm³/mol. The van der Waals surface area contributed by atoms with Crippen molar-refractivity contribution < 1.29 is 0 Å². The van der Waals surface area contributed by atoms with Crippen LogP contribution in [0.4, 0.5) is 5.82 Å². The molecule has 1 aromatic heterocycles. The van der Waals surface area contributed by atoms with E-state index < -0.39 is 0 Å². The van der Waals surface area contributed by atoms with E-state index in [1.165, 1.54) is 18.6 Å². The Morgan fingerprint density at radius 2 is 2.47 bits per heavy atom. The van der Waals surface area contributed by atoms with Crippen molar-refractivity contribution >= 4 is 29.2 Å². The third-order valence-corrected chi connectivity index (χ3v) is 4.41. The van der Waals surface area contributed by atoms with Gasteiger partial charge in [-0.1, -0.05) is 17.7 Å². The summed E-state index contributed by atoms with van der Waals surface area (Å²) in [6, 6.07) is 5.66. The molecule has 1 aliphatic rings. The highest BCUT2D eigenvalue weighted by Gasteiger charge is 2.29. The van der Waals surface area contributed by atoms with Crippen LogP contribution in [0.5, 0.6) is 0 Å². The maximum atomic E-state index is 5.82. The molecular formula is C11H15ClN2S. The van der Waals surface area contributed by atoms with E-state index in [4.69, 9.17) is 11.6 Å². The summed E-state index contributed by atoms with van der Waals surface area (Å²) in [5, 5.41) is 3.90. The standard InChI is InChI=1S/C11H15ClN2S/c1-11(6-3-7-15-11)8-13-10-5-2-4-9(12)14-10/h2,4-5H,3,6-8H2,1H3,(H,13,14).